The van der Waals surface area contributed by atoms with Crippen LogP contribution < -0.4 is 10.9 Å². The second-order valence-corrected chi connectivity index (χ2v) is 10.3. The maximum Gasteiger partial charge on any atom is 0.286 e. The molecular weight excluding hydrogens is 418 g/mol. The Balaban J connectivity index is 1.96. The first kappa shape index (κ1) is 20.9. The normalized spacial score (nSPS) is 15.3. The van der Waals surface area contributed by atoms with Gasteiger partial charge in [0.25, 0.3) is 15.6 Å². The van der Waals surface area contributed by atoms with Crippen LogP contribution in [0.2, 0.25) is 0 Å². The number of amidine groups is 1. The van der Waals surface area contributed by atoms with Gasteiger partial charge in [0.1, 0.15) is 22.0 Å². The average molecular weight is 442 g/mol. The van der Waals surface area contributed by atoms with Gasteiger partial charge in [-0.1, -0.05) is 32.9 Å². The molecule has 0 saturated carbocycles. The van der Waals surface area contributed by atoms with Gasteiger partial charge in [0.2, 0.25) is 0 Å². The van der Waals surface area contributed by atoms with E-state index in [1.165, 1.54) is 12.1 Å². The first-order chi connectivity index (χ1) is 14.5. The van der Waals surface area contributed by atoms with Gasteiger partial charge in [0.15, 0.2) is 5.84 Å². The number of anilines is 1. The van der Waals surface area contributed by atoms with Crippen molar-refractivity contribution in [3.8, 4) is 11.5 Å². The summed E-state index contributed by atoms with van der Waals surface area (Å²) in [5.74, 6) is -0.812. The Labute approximate surface area is 179 Å². The maximum atomic E-state index is 13.4. The summed E-state index contributed by atoms with van der Waals surface area (Å²) in [6, 6.07) is 10.7. The Morgan fingerprint density at radius 1 is 1.10 bits per heavy atom. The number of aryl methyl sites for hydroxylation is 1. The van der Waals surface area contributed by atoms with Crippen molar-refractivity contribution in [1.29, 1.82) is 0 Å². The van der Waals surface area contributed by atoms with Gasteiger partial charge in [0, 0.05) is 18.0 Å². The number of fused-ring (bicyclic) bond motifs is 2. The highest BCUT2D eigenvalue weighted by atomic mass is 32.2. The van der Waals surface area contributed by atoms with Gasteiger partial charge in [-0.15, -0.1) is 4.40 Å². The Morgan fingerprint density at radius 3 is 2.52 bits per heavy atom. The summed E-state index contributed by atoms with van der Waals surface area (Å²) in [7, 11) is -4.19. The van der Waals surface area contributed by atoms with Crippen molar-refractivity contribution >= 4 is 32.4 Å². The number of phenols is 1. The fraction of sp³-hybridized carbons (Fsp3) is 0.273. The molecule has 9 heteroatoms. The average Bonchev–Trinajstić information content (AvgIpc) is 2.67. The first-order valence-electron chi connectivity index (χ1n) is 9.78. The van der Waals surface area contributed by atoms with Crippen molar-refractivity contribution < 1.29 is 18.6 Å². The van der Waals surface area contributed by atoms with E-state index in [2.05, 4.69) is 30.5 Å². The van der Waals surface area contributed by atoms with Crippen LogP contribution in [-0.4, -0.2) is 29.0 Å². The number of benzene rings is 2. The predicted octanol–water partition coefficient (Wildman–Crippen LogP) is 3.41. The summed E-state index contributed by atoms with van der Waals surface area (Å²) >= 11 is 0. The number of para-hydroxylation sites is 1. The van der Waals surface area contributed by atoms with Crippen LogP contribution in [0.1, 0.15) is 32.8 Å². The molecule has 0 unspecified atom stereocenters. The van der Waals surface area contributed by atoms with Gasteiger partial charge in [0.05, 0.1) is 11.2 Å². The largest absolute Gasteiger partial charge is 0.508 e. The highest BCUT2D eigenvalue weighted by Gasteiger charge is 2.30. The van der Waals surface area contributed by atoms with Crippen LogP contribution in [0.5, 0.6) is 11.5 Å². The molecule has 162 valence electrons. The van der Waals surface area contributed by atoms with E-state index < -0.39 is 15.6 Å². The molecule has 2 heterocycles. The molecule has 1 aliphatic heterocycles. The molecule has 0 bridgehead atoms. The third kappa shape index (κ3) is 3.76. The SMILES string of the molecule is CC(C)(C)CCn1c(=O)c(C2=NS(=O)(=O)c3cc(O)ccc3N2)c(O)c2ccccc21. The van der Waals surface area contributed by atoms with E-state index in [4.69, 9.17) is 0 Å². The number of rotatable bonds is 3. The van der Waals surface area contributed by atoms with Gasteiger partial charge >= 0.3 is 0 Å². The fourth-order valence-electron chi connectivity index (χ4n) is 3.53. The highest BCUT2D eigenvalue weighted by Crippen LogP contribution is 2.34. The Hall–Kier alpha value is -3.33. The molecule has 0 saturated heterocycles. The number of aromatic hydroxyl groups is 2. The van der Waals surface area contributed by atoms with Crippen LogP contribution in [0.15, 0.2) is 56.6 Å². The van der Waals surface area contributed by atoms with Crippen LogP contribution in [-0.2, 0) is 16.6 Å². The third-order valence-electron chi connectivity index (χ3n) is 5.18. The van der Waals surface area contributed by atoms with Crippen LogP contribution in [0.4, 0.5) is 5.69 Å². The van der Waals surface area contributed by atoms with Gasteiger partial charge < -0.3 is 20.1 Å². The van der Waals surface area contributed by atoms with Gasteiger partial charge in [-0.05, 0) is 36.1 Å². The van der Waals surface area contributed by atoms with Crippen LogP contribution in [0.25, 0.3) is 10.9 Å². The molecule has 3 aromatic rings. The molecule has 0 fully saturated rings. The van der Waals surface area contributed by atoms with E-state index in [1.807, 2.05) is 0 Å². The molecule has 1 aliphatic rings. The van der Waals surface area contributed by atoms with Gasteiger partial charge in [-0.25, -0.2) is 0 Å². The van der Waals surface area contributed by atoms with E-state index in [1.54, 1.807) is 28.8 Å². The topological polar surface area (TPSA) is 121 Å². The van der Waals surface area contributed by atoms with Crippen molar-refractivity contribution in [2.45, 2.75) is 38.6 Å². The Morgan fingerprint density at radius 2 is 1.81 bits per heavy atom. The molecule has 4 rings (SSSR count). The molecule has 8 nitrogen and oxygen atoms in total. The van der Waals surface area contributed by atoms with E-state index in [0.717, 1.165) is 6.07 Å². The minimum atomic E-state index is -4.19. The van der Waals surface area contributed by atoms with Crippen molar-refractivity contribution in [2.24, 2.45) is 9.81 Å². The number of pyridine rings is 1. The molecule has 2 aromatic carbocycles. The quantitative estimate of drug-likeness (QED) is 0.536. The van der Waals surface area contributed by atoms with Crippen LogP contribution in [0.3, 0.4) is 0 Å². The number of nitrogens with one attached hydrogen (secondary N) is 1. The molecule has 31 heavy (non-hydrogen) atoms. The molecule has 1 aromatic heterocycles. The third-order valence-corrected chi connectivity index (χ3v) is 6.49. The van der Waals surface area contributed by atoms with Crippen molar-refractivity contribution in [3.05, 3.63) is 58.4 Å². The zero-order chi connectivity index (χ0) is 22.6. The molecule has 0 spiro atoms. The number of aromatic nitrogens is 1. The number of nitrogens with zero attached hydrogens (tertiary/aromatic N) is 2. The fourth-order valence-corrected chi connectivity index (χ4v) is 4.67. The molecule has 0 radical (unpaired) electrons. The van der Waals surface area contributed by atoms with E-state index >= 15 is 0 Å². The molecular formula is C22H23N3O5S. The lowest BCUT2D eigenvalue weighted by Crippen LogP contribution is -2.33. The summed E-state index contributed by atoms with van der Waals surface area (Å²) in [5.41, 5.74) is -0.0682. The number of hydrogen-bond donors (Lipinski definition) is 3. The second kappa shape index (κ2) is 7.12. The van der Waals surface area contributed by atoms with Gasteiger partial charge in [-0.2, -0.15) is 8.42 Å². The zero-order valence-corrected chi connectivity index (χ0v) is 18.2. The smallest absolute Gasteiger partial charge is 0.286 e. The summed E-state index contributed by atoms with van der Waals surface area (Å²) in [4.78, 5) is 13.2. The standard InChI is InChI=1S/C22H23N3O5S/c1-22(2,3)10-11-25-16-7-5-4-6-14(16)19(27)18(21(25)28)20-23-15-9-8-13(26)12-17(15)31(29,30)24-20/h4-9,12,26-27H,10-11H2,1-3H3,(H,23,24). The van der Waals surface area contributed by atoms with Crippen molar-refractivity contribution in [2.75, 3.05) is 5.32 Å². The minimum absolute atomic E-state index is 0.0382. The van der Waals surface area contributed by atoms with E-state index in [9.17, 15) is 23.4 Å². The summed E-state index contributed by atoms with van der Waals surface area (Å²) < 4.78 is 30.7. The van der Waals surface area contributed by atoms with E-state index in [-0.39, 0.29) is 38.9 Å². The van der Waals surface area contributed by atoms with Crippen molar-refractivity contribution in [3.63, 3.8) is 0 Å². The Kier molecular flexibility index (Phi) is 4.81. The summed E-state index contributed by atoms with van der Waals surface area (Å²) in [6.07, 6.45) is 0.696. The molecule has 0 atom stereocenters. The summed E-state index contributed by atoms with van der Waals surface area (Å²) in [6.45, 7) is 6.58. The minimum Gasteiger partial charge on any atom is -0.508 e. The molecule has 0 amide bonds. The lowest BCUT2D eigenvalue weighted by Gasteiger charge is -2.22. The zero-order valence-electron chi connectivity index (χ0n) is 17.4. The lowest BCUT2D eigenvalue weighted by atomic mass is 9.92. The van der Waals surface area contributed by atoms with Gasteiger partial charge in [-0.3, -0.25) is 4.79 Å². The monoisotopic (exact) mass is 441 g/mol. The maximum absolute atomic E-state index is 13.4. The molecule has 0 aliphatic carbocycles. The predicted molar refractivity (Wildman–Crippen MR) is 119 cm³/mol. The number of phenolic OH excluding ortho intramolecular Hbond substituents is 1. The lowest BCUT2D eigenvalue weighted by molar-refractivity contribution is 0.350. The van der Waals surface area contributed by atoms with Crippen molar-refractivity contribution in [1.82, 2.24) is 4.57 Å². The van der Waals surface area contributed by atoms with Crippen LogP contribution in [0, 0.1) is 5.41 Å². The second-order valence-electron chi connectivity index (χ2n) is 8.73. The molecule has 3 N–H and O–H groups in total. The number of hydrogen-bond acceptors (Lipinski definition) is 6. The summed E-state index contributed by atoms with van der Waals surface area (Å²) in [5, 5.41) is 23.8. The highest BCUT2D eigenvalue weighted by molar-refractivity contribution is 7.90. The van der Waals surface area contributed by atoms with E-state index in [0.29, 0.717) is 23.9 Å². The van der Waals surface area contributed by atoms with Crippen LogP contribution >= 0.6 is 0 Å². The Bertz CT molecular complexity index is 1400. The first-order valence-corrected chi connectivity index (χ1v) is 11.2. The number of sulfonamides is 1.